The molecule has 17 heavy (non-hydrogen) atoms. The Morgan fingerprint density at radius 3 is 2.71 bits per heavy atom. The highest BCUT2D eigenvalue weighted by Crippen LogP contribution is 2.29. The van der Waals surface area contributed by atoms with Gasteiger partial charge in [-0.2, -0.15) is 0 Å². The Morgan fingerprint density at radius 1 is 1.35 bits per heavy atom. The predicted octanol–water partition coefficient (Wildman–Crippen LogP) is 2.01. The molecule has 0 aromatic carbocycles. The lowest BCUT2D eigenvalue weighted by Crippen LogP contribution is -2.42. The van der Waals surface area contributed by atoms with Crippen molar-refractivity contribution in [1.82, 2.24) is 4.90 Å². The second kappa shape index (κ2) is 6.17. The largest absolute Gasteiger partial charge is 0.378 e. The normalized spacial score (nSPS) is 29.6. The summed E-state index contributed by atoms with van der Waals surface area (Å²) in [7, 11) is 0. The third-order valence-electron chi connectivity index (χ3n) is 4.58. The maximum absolute atomic E-state index is 5.83. The number of likely N-dealkylation sites (tertiary alicyclic amines) is 1. The summed E-state index contributed by atoms with van der Waals surface area (Å²) < 4.78 is 5.66. The number of hydrogen-bond acceptors (Lipinski definition) is 3. The maximum Gasteiger partial charge on any atom is 0.0576 e. The van der Waals surface area contributed by atoms with E-state index in [0.717, 1.165) is 13.2 Å². The van der Waals surface area contributed by atoms with Crippen molar-refractivity contribution in [2.75, 3.05) is 32.8 Å². The lowest BCUT2D eigenvalue weighted by Gasteiger charge is -2.38. The van der Waals surface area contributed by atoms with Crippen LogP contribution in [0.15, 0.2) is 0 Å². The molecule has 0 amide bonds. The summed E-state index contributed by atoms with van der Waals surface area (Å²) in [6.45, 7) is 7.88. The maximum atomic E-state index is 5.83. The molecule has 0 aliphatic carbocycles. The van der Waals surface area contributed by atoms with Crippen molar-refractivity contribution in [2.24, 2.45) is 11.1 Å². The standard InChI is InChI=1S/C14H28N2O/c1-14(12-15)6-9-16(10-7-14)8-2-4-13-5-3-11-17-13/h13H,2-12,15H2,1H3. The van der Waals surface area contributed by atoms with Crippen LogP contribution < -0.4 is 5.73 Å². The fourth-order valence-corrected chi connectivity index (χ4v) is 2.94. The Morgan fingerprint density at radius 2 is 2.12 bits per heavy atom. The van der Waals surface area contributed by atoms with E-state index in [0.29, 0.717) is 11.5 Å². The molecule has 0 saturated carbocycles. The minimum absolute atomic E-state index is 0.408. The van der Waals surface area contributed by atoms with Gasteiger partial charge < -0.3 is 15.4 Å². The van der Waals surface area contributed by atoms with Gasteiger partial charge in [0.2, 0.25) is 0 Å². The third kappa shape index (κ3) is 3.94. The van der Waals surface area contributed by atoms with Crippen molar-refractivity contribution in [3.05, 3.63) is 0 Å². The van der Waals surface area contributed by atoms with E-state index in [-0.39, 0.29) is 0 Å². The molecule has 2 fully saturated rings. The van der Waals surface area contributed by atoms with Crippen LogP contribution in [-0.4, -0.2) is 43.8 Å². The van der Waals surface area contributed by atoms with E-state index in [9.17, 15) is 0 Å². The van der Waals surface area contributed by atoms with Crippen LogP contribution in [-0.2, 0) is 4.74 Å². The molecule has 2 heterocycles. The van der Waals surface area contributed by atoms with E-state index in [4.69, 9.17) is 10.5 Å². The van der Waals surface area contributed by atoms with Gasteiger partial charge in [-0.15, -0.1) is 0 Å². The molecule has 2 saturated heterocycles. The van der Waals surface area contributed by atoms with Gasteiger partial charge in [-0.3, -0.25) is 0 Å². The average Bonchev–Trinajstić information content (AvgIpc) is 2.85. The van der Waals surface area contributed by atoms with E-state index in [1.165, 1.54) is 58.2 Å². The van der Waals surface area contributed by atoms with Crippen LogP contribution >= 0.6 is 0 Å². The Hall–Kier alpha value is -0.120. The zero-order valence-corrected chi connectivity index (χ0v) is 11.3. The van der Waals surface area contributed by atoms with Crippen molar-refractivity contribution in [3.63, 3.8) is 0 Å². The van der Waals surface area contributed by atoms with E-state index in [2.05, 4.69) is 11.8 Å². The summed E-state index contributed by atoms with van der Waals surface area (Å²) in [5, 5.41) is 0. The van der Waals surface area contributed by atoms with Gasteiger partial charge in [0, 0.05) is 6.61 Å². The lowest BCUT2D eigenvalue weighted by molar-refractivity contribution is 0.0895. The first-order chi connectivity index (χ1) is 8.22. The highest BCUT2D eigenvalue weighted by Gasteiger charge is 2.28. The van der Waals surface area contributed by atoms with Gasteiger partial charge >= 0.3 is 0 Å². The smallest absolute Gasteiger partial charge is 0.0576 e. The average molecular weight is 240 g/mol. The summed E-state index contributed by atoms with van der Waals surface area (Å²) in [6, 6.07) is 0. The summed E-state index contributed by atoms with van der Waals surface area (Å²) in [6.07, 6.45) is 8.20. The van der Waals surface area contributed by atoms with Gasteiger partial charge in [-0.05, 0) is 70.1 Å². The van der Waals surface area contributed by atoms with Gasteiger partial charge in [-0.1, -0.05) is 6.92 Å². The second-order valence-corrected chi connectivity index (χ2v) is 6.13. The summed E-state index contributed by atoms with van der Waals surface area (Å²) in [5.74, 6) is 0. The van der Waals surface area contributed by atoms with Crippen LogP contribution in [0.5, 0.6) is 0 Å². The Kier molecular flexibility index (Phi) is 4.83. The van der Waals surface area contributed by atoms with E-state index < -0.39 is 0 Å². The number of ether oxygens (including phenoxy) is 1. The van der Waals surface area contributed by atoms with Crippen molar-refractivity contribution < 1.29 is 4.74 Å². The van der Waals surface area contributed by atoms with Crippen molar-refractivity contribution >= 4 is 0 Å². The molecule has 0 bridgehead atoms. The first kappa shape index (κ1) is 13.3. The second-order valence-electron chi connectivity index (χ2n) is 6.13. The monoisotopic (exact) mass is 240 g/mol. The van der Waals surface area contributed by atoms with Crippen LogP contribution in [0.25, 0.3) is 0 Å². The third-order valence-corrected chi connectivity index (χ3v) is 4.58. The predicted molar refractivity (Wildman–Crippen MR) is 71.0 cm³/mol. The quantitative estimate of drug-likeness (QED) is 0.799. The molecule has 2 N–H and O–H groups in total. The van der Waals surface area contributed by atoms with E-state index >= 15 is 0 Å². The molecular weight excluding hydrogens is 212 g/mol. The molecule has 2 aliphatic rings. The van der Waals surface area contributed by atoms with Crippen molar-refractivity contribution in [1.29, 1.82) is 0 Å². The number of nitrogens with two attached hydrogens (primary N) is 1. The highest BCUT2D eigenvalue weighted by molar-refractivity contribution is 4.83. The molecule has 2 aliphatic heterocycles. The number of piperidine rings is 1. The molecule has 0 spiro atoms. The first-order valence-corrected chi connectivity index (χ1v) is 7.26. The Labute approximate surface area is 106 Å². The SMILES string of the molecule is CC1(CN)CCN(CCCC2CCCO2)CC1. The molecule has 0 aromatic heterocycles. The molecule has 1 unspecified atom stereocenters. The molecule has 3 heteroatoms. The summed E-state index contributed by atoms with van der Waals surface area (Å²) >= 11 is 0. The number of rotatable bonds is 5. The van der Waals surface area contributed by atoms with Gasteiger partial charge in [0.05, 0.1) is 6.10 Å². The fraction of sp³-hybridized carbons (Fsp3) is 1.00. The Bertz CT molecular complexity index is 218. The zero-order valence-electron chi connectivity index (χ0n) is 11.3. The summed E-state index contributed by atoms with van der Waals surface area (Å²) in [5.41, 5.74) is 6.24. The van der Waals surface area contributed by atoms with Gasteiger partial charge in [0.1, 0.15) is 0 Å². The van der Waals surface area contributed by atoms with Crippen molar-refractivity contribution in [2.45, 2.75) is 51.6 Å². The highest BCUT2D eigenvalue weighted by atomic mass is 16.5. The van der Waals surface area contributed by atoms with Gasteiger partial charge in [0.15, 0.2) is 0 Å². The van der Waals surface area contributed by atoms with Crippen LogP contribution in [0, 0.1) is 5.41 Å². The summed E-state index contributed by atoms with van der Waals surface area (Å²) in [4.78, 5) is 2.60. The van der Waals surface area contributed by atoms with Crippen LogP contribution in [0.3, 0.4) is 0 Å². The van der Waals surface area contributed by atoms with Crippen LogP contribution in [0.4, 0.5) is 0 Å². The molecule has 0 radical (unpaired) electrons. The molecule has 2 rings (SSSR count). The minimum Gasteiger partial charge on any atom is -0.378 e. The fourth-order valence-electron chi connectivity index (χ4n) is 2.94. The lowest BCUT2D eigenvalue weighted by atomic mass is 9.80. The van der Waals surface area contributed by atoms with Gasteiger partial charge in [-0.25, -0.2) is 0 Å². The molecule has 0 aromatic rings. The topological polar surface area (TPSA) is 38.5 Å². The first-order valence-electron chi connectivity index (χ1n) is 7.26. The number of hydrogen-bond donors (Lipinski definition) is 1. The van der Waals surface area contributed by atoms with Crippen molar-refractivity contribution in [3.8, 4) is 0 Å². The molecule has 3 nitrogen and oxygen atoms in total. The molecule has 100 valence electrons. The van der Waals surface area contributed by atoms with Crippen LogP contribution in [0.1, 0.15) is 45.4 Å². The van der Waals surface area contributed by atoms with E-state index in [1.54, 1.807) is 0 Å². The molecular formula is C14H28N2O. The van der Waals surface area contributed by atoms with Gasteiger partial charge in [0.25, 0.3) is 0 Å². The Balaban J connectivity index is 1.58. The minimum atomic E-state index is 0.408. The zero-order chi connectivity index (χ0) is 12.1. The van der Waals surface area contributed by atoms with Crippen LogP contribution in [0.2, 0.25) is 0 Å². The molecule has 1 atom stereocenters. The van der Waals surface area contributed by atoms with E-state index in [1.807, 2.05) is 0 Å². The number of nitrogens with zero attached hydrogens (tertiary/aromatic N) is 1.